The number of aromatic nitrogens is 2. The number of carboxylic acids is 1. The van der Waals surface area contributed by atoms with E-state index < -0.39 is 5.97 Å². The molecule has 0 atom stereocenters. The Kier molecular flexibility index (Phi) is 3.97. The normalized spacial score (nSPS) is 14.7. The summed E-state index contributed by atoms with van der Waals surface area (Å²) in [6.45, 7) is 0. The molecular formula is C20H15N3O4. The summed E-state index contributed by atoms with van der Waals surface area (Å²) in [5.41, 5.74) is 4.19. The first-order valence-corrected chi connectivity index (χ1v) is 8.16. The summed E-state index contributed by atoms with van der Waals surface area (Å²) in [5.74, 6) is -0.531. The lowest BCUT2D eigenvalue weighted by molar-refractivity contribution is -0.131. The molecule has 0 fully saturated rings. The summed E-state index contributed by atoms with van der Waals surface area (Å²) in [7, 11) is 1.58. The van der Waals surface area contributed by atoms with Crippen molar-refractivity contribution in [1.29, 1.82) is 0 Å². The van der Waals surface area contributed by atoms with Crippen LogP contribution in [0.3, 0.4) is 0 Å². The summed E-state index contributed by atoms with van der Waals surface area (Å²) in [4.78, 5) is 23.0. The lowest BCUT2D eigenvalue weighted by atomic mass is 10.0. The van der Waals surface area contributed by atoms with Crippen LogP contribution < -0.4 is 10.1 Å². The van der Waals surface area contributed by atoms with E-state index in [9.17, 15) is 9.59 Å². The molecule has 0 bridgehead atoms. The Morgan fingerprint density at radius 2 is 2.07 bits per heavy atom. The van der Waals surface area contributed by atoms with Gasteiger partial charge in [0.2, 0.25) is 0 Å². The first-order chi connectivity index (χ1) is 13.0. The fraction of sp³-hybridized carbons (Fsp3) is 0.0500. The number of carbonyl (C=O) groups is 2. The van der Waals surface area contributed by atoms with Gasteiger partial charge in [-0.3, -0.25) is 9.89 Å². The van der Waals surface area contributed by atoms with E-state index in [1.807, 2.05) is 30.3 Å². The van der Waals surface area contributed by atoms with Crippen molar-refractivity contribution in [2.45, 2.75) is 0 Å². The number of nitrogens with one attached hydrogen (secondary N) is 2. The van der Waals surface area contributed by atoms with Crippen LogP contribution in [0.2, 0.25) is 0 Å². The van der Waals surface area contributed by atoms with Gasteiger partial charge in [0.1, 0.15) is 5.75 Å². The van der Waals surface area contributed by atoms with E-state index in [1.54, 1.807) is 19.3 Å². The van der Waals surface area contributed by atoms with Crippen molar-refractivity contribution in [3.05, 3.63) is 59.3 Å². The number of aliphatic carboxylic acids is 1. The first kappa shape index (κ1) is 16.6. The number of H-pyrrole nitrogens is 1. The van der Waals surface area contributed by atoms with E-state index in [0.717, 1.165) is 33.8 Å². The average Bonchev–Trinajstić information content (AvgIpc) is 3.20. The fourth-order valence-corrected chi connectivity index (χ4v) is 3.03. The lowest BCUT2D eigenvalue weighted by Gasteiger charge is -2.03. The van der Waals surface area contributed by atoms with Crippen LogP contribution in [-0.4, -0.2) is 34.3 Å². The SMILES string of the molecule is COc1ccc2c(c1)/C(=C\c1ccc3c(/C=C/C(=O)O)n[nH]c3c1)C(=O)N2. The van der Waals surface area contributed by atoms with Crippen LogP contribution in [-0.2, 0) is 9.59 Å². The predicted molar refractivity (Wildman–Crippen MR) is 102 cm³/mol. The second kappa shape index (κ2) is 6.45. The van der Waals surface area contributed by atoms with Gasteiger partial charge >= 0.3 is 5.97 Å². The van der Waals surface area contributed by atoms with Crippen LogP contribution in [0, 0.1) is 0 Å². The predicted octanol–water partition coefficient (Wildman–Crippen LogP) is 3.16. The van der Waals surface area contributed by atoms with Gasteiger partial charge in [0.05, 0.1) is 18.3 Å². The van der Waals surface area contributed by atoms with Crippen LogP contribution >= 0.6 is 0 Å². The topological polar surface area (TPSA) is 104 Å². The van der Waals surface area contributed by atoms with E-state index in [4.69, 9.17) is 9.84 Å². The molecule has 0 saturated heterocycles. The highest BCUT2D eigenvalue weighted by molar-refractivity contribution is 6.35. The maximum Gasteiger partial charge on any atom is 0.328 e. The van der Waals surface area contributed by atoms with Crippen molar-refractivity contribution in [2.24, 2.45) is 0 Å². The molecule has 1 amide bonds. The van der Waals surface area contributed by atoms with Gasteiger partial charge in [-0.15, -0.1) is 0 Å². The third-order valence-corrected chi connectivity index (χ3v) is 4.32. The molecule has 3 aromatic rings. The summed E-state index contributed by atoms with van der Waals surface area (Å²) < 4.78 is 5.25. The van der Waals surface area contributed by atoms with Gasteiger partial charge in [0.15, 0.2) is 0 Å². The molecule has 1 aromatic heterocycles. The zero-order valence-corrected chi connectivity index (χ0v) is 14.3. The van der Waals surface area contributed by atoms with Gasteiger partial charge in [-0.1, -0.05) is 6.07 Å². The van der Waals surface area contributed by atoms with E-state index in [2.05, 4.69) is 15.5 Å². The van der Waals surface area contributed by atoms with Gasteiger partial charge in [-0.05, 0) is 48.0 Å². The zero-order valence-electron chi connectivity index (χ0n) is 14.3. The molecule has 0 unspecified atom stereocenters. The van der Waals surface area contributed by atoms with Gasteiger partial charge in [-0.25, -0.2) is 4.79 Å². The van der Waals surface area contributed by atoms with Crippen molar-refractivity contribution in [3.63, 3.8) is 0 Å². The molecule has 2 aromatic carbocycles. The molecule has 0 aliphatic carbocycles. The van der Waals surface area contributed by atoms with Crippen LogP contribution in [0.5, 0.6) is 5.75 Å². The van der Waals surface area contributed by atoms with Crippen LogP contribution in [0.15, 0.2) is 42.5 Å². The second-order valence-corrected chi connectivity index (χ2v) is 6.01. The zero-order chi connectivity index (χ0) is 19.0. The van der Waals surface area contributed by atoms with Crippen molar-refractivity contribution in [3.8, 4) is 5.75 Å². The number of anilines is 1. The Morgan fingerprint density at radius 1 is 1.22 bits per heavy atom. The van der Waals surface area contributed by atoms with E-state index in [1.165, 1.54) is 6.08 Å². The highest BCUT2D eigenvalue weighted by Crippen LogP contribution is 2.36. The molecule has 134 valence electrons. The molecule has 2 heterocycles. The van der Waals surface area contributed by atoms with Gasteiger partial charge in [-0.2, -0.15) is 5.10 Å². The third kappa shape index (κ3) is 3.06. The molecule has 0 spiro atoms. The number of hydrogen-bond donors (Lipinski definition) is 3. The quantitative estimate of drug-likeness (QED) is 0.619. The number of carboxylic acid groups (broad SMARTS) is 1. The van der Waals surface area contributed by atoms with Crippen LogP contribution in [0.4, 0.5) is 5.69 Å². The standard InChI is InChI=1S/C20H15N3O4/c1-27-12-3-5-16-14(10-12)15(20(26)21-16)8-11-2-4-13-17(6-7-19(24)25)22-23-18(13)9-11/h2-10H,1H3,(H,21,26)(H,22,23)(H,24,25)/b7-6+,15-8+. The number of benzene rings is 2. The fourth-order valence-electron chi connectivity index (χ4n) is 3.03. The van der Waals surface area contributed by atoms with Crippen molar-refractivity contribution in [1.82, 2.24) is 10.2 Å². The van der Waals surface area contributed by atoms with Crippen LogP contribution in [0.25, 0.3) is 28.6 Å². The minimum atomic E-state index is -1.03. The third-order valence-electron chi connectivity index (χ3n) is 4.32. The Hall–Kier alpha value is -3.87. The minimum Gasteiger partial charge on any atom is -0.497 e. The number of aromatic amines is 1. The molecule has 4 rings (SSSR count). The van der Waals surface area contributed by atoms with Crippen LogP contribution in [0.1, 0.15) is 16.8 Å². The number of hydrogen-bond acceptors (Lipinski definition) is 4. The smallest absolute Gasteiger partial charge is 0.328 e. The maximum absolute atomic E-state index is 12.3. The summed E-state index contributed by atoms with van der Waals surface area (Å²) >= 11 is 0. The number of fused-ring (bicyclic) bond motifs is 2. The minimum absolute atomic E-state index is 0.173. The Bertz CT molecular complexity index is 1140. The monoisotopic (exact) mass is 361 g/mol. The summed E-state index contributed by atoms with van der Waals surface area (Å²) in [6.07, 6.45) is 4.28. The number of rotatable bonds is 4. The number of carbonyl (C=O) groups excluding carboxylic acids is 1. The second-order valence-electron chi connectivity index (χ2n) is 6.01. The Balaban J connectivity index is 1.74. The average molecular weight is 361 g/mol. The lowest BCUT2D eigenvalue weighted by Crippen LogP contribution is -2.03. The largest absolute Gasteiger partial charge is 0.497 e. The maximum atomic E-state index is 12.3. The van der Waals surface area contributed by atoms with Crippen molar-refractivity contribution in [2.75, 3.05) is 12.4 Å². The molecule has 7 nitrogen and oxygen atoms in total. The Labute approximate surface area is 154 Å². The molecule has 1 aliphatic heterocycles. The number of methoxy groups -OCH3 is 1. The van der Waals surface area contributed by atoms with Crippen molar-refractivity contribution >= 4 is 46.2 Å². The molecule has 7 heteroatoms. The molecular weight excluding hydrogens is 346 g/mol. The first-order valence-electron chi connectivity index (χ1n) is 8.16. The molecule has 3 N–H and O–H groups in total. The van der Waals surface area contributed by atoms with E-state index in [-0.39, 0.29) is 5.91 Å². The molecule has 0 radical (unpaired) electrons. The molecule has 1 aliphatic rings. The highest BCUT2D eigenvalue weighted by Gasteiger charge is 2.24. The van der Waals surface area contributed by atoms with Gasteiger partial charge in [0, 0.05) is 28.3 Å². The van der Waals surface area contributed by atoms with E-state index in [0.29, 0.717) is 17.0 Å². The number of amides is 1. The van der Waals surface area contributed by atoms with Crippen molar-refractivity contribution < 1.29 is 19.4 Å². The Morgan fingerprint density at radius 3 is 2.85 bits per heavy atom. The molecule has 27 heavy (non-hydrogen) atoms. The number of ether oxygens (including phenoxy) is 1. The van der Waals surface area contributed by atoms with Gasteiger partial charge in [0.25, 0.3) is 5.91 Å². The summed E-state index contributed by atoms with van der Waals surface area (Å²) in [5, 5.41) is 19.4. The number of nitrogens with zero attached hydrogens (tertiary/aromatic N) is 1. The molecule has 0 saturated carbocycles. The summed E-state index contributed by atoms with van der Waals surface area (Å²) in [6, 6.07) is 11.0. The highest BCUT2D eigenvalue weighted by atomic mass is 16.5. The van der Waals surface area contributed by atoms with E-state index >= 15 is 0 Å². The van der Waals surface area contributed by atoms with Gasteiger partial charge < -0.3 is 15.2 Å².